The van der Waals surface area contributed by atoms with Gasteiger partial charge in [-0.1, -0.05) is 12.1 Å². The Morgan fingerprint density at radius 2 is 1.88 bits per heavy atom. The summed E-state index contributed by atoms with van der Waals surface area (Å²) in [4.78, 5) is 19.3. The summed E-state index contributed by atoms with van der Waals surface area (Å²) in [6.07, 6.45) is 5.93. The zero-order valence-corrected chi connectivity index (χ0v) is 14.7. The number of hydrogen-bond donors (Lipinski definition) is 1. The van der Waals surface area contributed by atoms with Crippen molar-refractivity contribution in [1.82, 2.24) is 14.8 Å². The van der Waals surface area contributed by atoms with Crippen LogP contribution in [0, 0.1) is 6.92 Å². The fourth-order valence-corrected chi connectivity index (χ4v) is 3.18. The first-order valence-corrected chi connectivity index (χ1v) is 8.85. The lowest BCUT2D eigenvalue weighted by Crippen LogP contribution is -2.19. The summed E-state index contributed by atoms with van der Waals surface area (Å²) in [7, 11) is 0. The van der Waals surface area contributed by atoms with Crippen LogP contribution in [0.1, 0.15) is 28.9 Å². The summed E-state index contributed by atoms with van der Waals surface area (Å²) in [5.74, 6) is 0.758. The van der Waals surface area contributed by atoms with Gasteiger partial charge in [-0.05, 0) is 50.1 Å². The Morgan fingerprint density at radius 3 is 2.58 bits per heavy atom. The van der Waals surface area contributed by atoms with E-state index in [4.69, 9.17) is 0 Å². The molecule has 6 heteroatoms. The molecule has 0 spiro atoms. The van der Waals surface area contributed by atoms with E-state index in [1.54, 1.807) is 10.9 Å². The first-order chi connectivity index (χ1) is 12.7. The largest absolute Gasteiger partial charge is 0.357 e. The first-order valence-electron chi connectivity index (χ1n) is 8.85. The van der Waals surface area contributed by atoms with Crippen LogP contribution in [0.25, 0.3) is 5.69 Å². The fourth-order valence-electron chi connectivity index (χ4n) is 3.18. The molecule has 1 saturated heterocycles. The molecule has 1 aromatic carbocycles. The molecule has 1 amide bonds. The quantitative estimate of drug-likeness (QED) is 0.785. The molecule has 0 unspecified atom stereocenters. The predicted molar refractivity (Wildman–Crippen MR) is 102 cm³/mol. The van der Waals surface area contributed by atoms with Gasteiger partial charge in [0.15, 0.2) is 0 Å². The molecule has 3 aromatic rings. The maximum atomic E-state index is 12.6. The van der Waals surface area contributed by atoms with Gasteiger partial charge in [0, 0.05) is 25.5 Å². The third-order valence-corrected chi connectivity index (χ3v) is 4.56. The van der Waals surface area contributed by atoms with Crippen LogP contribution in [0.4, 0.5) is 11.5 Å². The Bertz CT molecular complexity index is 910. The van der Waals surface area contributed by atoms with E-state index in [2.05, 4.69) is 20.3 Å². The van der Waals surface area contributed by atoms with Crippen molar-refractivity contribution in [2.24, 2.45) is 0 Å². The van der Waals surface area contributed by atoms with Gasteiger partial charge in [-0.15, -0.1) is 0 Å². The van der Waals surface area contributed by atoms with Crippen molar-refractivity contribution in [2.45, 2.75) is 19.8 Å². The number of nitrogens with zero attached hydrogens (tertiary/aromatic N) is 4. The van der Waals surface area contributed by atoms with Gasteiger partial charge >= 0.3 is 0 Å². The van der Waals surface area contributed by atoms with E-state index >= 15 is 0 Å². The number of rotatable bonds is 4. The first kappa shape index (κ1) is 16.3. The lowest BCUT2D eigenvalue weighted by molar-refractivity contribution is 0.102. The number of para-hydroxylation sites is 2. The van der Waals surface area contributed by atoms with Crippen LogP contribution in [0.2, 0.25) is 0 Å². The number of nitrogens with one attached hydrogen (secondary N) is 1. The minimum atomic E-state index is -0.179. The smallest absolute Gasteiger partial charge is 0.257 e. The lowest BCUT2D eigenvalue weighted by Gasteiger charge is -2.16. The molecule has 0 radical (unpaired) electrons. The molecule has 26 heavy (non-hydrogen) atoms. The summed E-state index contributed by atoms with van der Waals surface area (Å²) in [5, 5.41) is 7.40. The minimum Gasteiger partial charge on any atom is -0.357 e. The zero-order chi connectivity index (χ0) is 17.9. The standard InChI is InChI=1S/C20H21N5O/c1-15-10-13-25(23-15)18-7-3-2-6-17(18)22-20(26)16-8-9-19(21-14-16)24-11-4-5-12-24/h2-3,6-10,13-14H,4-5,11-12H2,1H3,(H,22,26). The third kappa shape index (κ3) is 3.31. The topological polar surface area (TPSA) is 63.1 Å². The molecule has 0 atom stereocenters. The van der Waals surface area contributed by atoms with E-state index in [0.29, 0.717) is 11.3 Å². The maximum absolute atomic E-state index is 12.6. The average molecular weight is 347 g/mol. The molecule has 0 bridgehead atoms. The highest BCUT2D eigenvalue weighted by atomic mass is 16.1. The van der Waals surface area contributed by atoms with Gasteiger partial charge in [-0.25, -0.2) is 9.67 Å². The number of benzene rings is 1. The van der Waals surface area contributed by atoms with Crippen molar-refractivity contribution in [3.8, 4) is 5.69 Å². The summed E-state index contributed by atoms with van der Waals surface area (Å²) in [5.41, 5.74) is 3.01. The van der Waals surface area contributed by atoms with E-state index < -0.39 is 0 Å². The van der Waals surface area contributed by atoms with Gasteiger partial charge in [-0.2, -0.15) is 5.10 Å². The molecule has 1 aliphatic heterocycles. The molecular formula is C20H21N5O. The second-order valence-electron chi connectivity index (χ2n) is 6.47. The normalized spacial score (nSPS) is 13.8. The number of carbonyl (C=O) groups excluding carboxylic acids is 1. The molecule has 1 fully saturated rings. The number of hydrogen-bond acceptors (Lipinski definition) is 4. The van der Waals surface area contributed by atoms with E-state index in [0.717, 1.165) is 30.3 Å². The highest BCUT2D eigenvalue weighted by Crippen LogP contribution is 2.21. The van der Waals surface area contributed by atoms with E-state index in [9.17, 15) is 4.79 Å². The highest BCUT2D eigenvalue weighted by molar-refractivity contribution is 6.05. The Labute approximate surface area is 152 Å². The monoisotopic (exact) mass is 347 g/mol. The highest BCUT2D eigenvalue weighted by Gasteiger charge is 2.15. The number of amides is 1. The van der Waals surface area contributed by atoms with Gasteiger partial charge < -0.3 is 10.2 Å². The summed E-state index contributed by atoms with van der Waals surface area (Å²) in [6, 6.07) is 13.3. The summed E-state index contributed by atoms with van der Waals surface area (Å²) < 4.78 is 1.76. The third-order valence-electron chi connectivity index (χ3n) is 4.56. The molecule has 3 heterocycles. The Kier molecular flexibility index (Phi) is 4.39. The SMILES string of the molecule is Cc1ccn(-c2ccccc2NC(=O)c2ccc(N3CCCC3)nc2)n1. The molecule has 0 aliphatic carbocycles. The van der Waals surface area contributed by atoms with Crippen LogP contribution in [-0.4, -0.2) is 33.8 Å². The Hall–Kier alpha value is -3.15. The van der Waals surface area contributed by atoms with Crippen molar-refractivity contribution < 1.29 is 4.79 Å². The maximum Gasteiger partial charge on any atom is 0.257 e. The average Bonchev–Trinajstić information content (AvgIpc) is 3.34. The van der Waals surface area contributed by atoms with Crippen molar-refractivity contribution in [1.29, 1.82) is 0 Å². The van der Waals surface area contributed by atoms with Crippen molar-refractivity contribution in [3.05, 3.63) is 66.1 Å². The van der Waals surface area contributed by atoms with Gasteiger partial charge in [0.2, 0.25) is 0 Å². The molecule has 1 N–H and O–H groups in total. The Morgan fingerprint density at radius 1 is 1.08 bits per heavy atom. The second-order valence-corrected chi connectivity index (χ2v) is 6.47. The van der Waals surface area contributed by atoms with Crippen molar-refractivity contribution >= 4 is 17.4 Å². The van der Waals surface area contributed by atoms with Crippen LogP contribution < -0.4 is 10.2 Å². The van der Waals surface area contributed by atoms with Gasteiger partial charge in [0.25, 0.3) is 5.91 Å². The number of aryl methyl sites for hydroxylation is 1. The van der Waals surface area contributed by atoms with E-state index in [1.165, 1.54) is 12.8 Å². The van der Waals surface area contributed by atoms with Crippen LogP contribution in [0.3, 0.4) is 0 Å². The number of aromatic nitrogens is 3. The van der Waals surface area contributed by atoms with E-state index in [1.807, 2.05) is 55.6 Å². The molecule has 6 nitrogen and oxygen atoms in total. The molecule has 0 saturated carbocycles. The van der Waals surface area contributed by atoms with Crippen LogP contribution in [0.5, 0.6) is 0 Å². The molecule has 2 aromatic heterocycles. The van der Waals surface area contributed by atoms with Crippen LogP contribution >= 0.6 is 0 Å². The number of carbonyl (C=O) groups is 1. The van der Waals surface area contributed by atoms with Crippen molar-refractivity contribution in [2.75, 3.05) is 23.3 Å². The number of anilines is 2. The fraction of sp³-hybridized carbons (Fsp3) is 0.250. The van der Waals surface area contributed by atoms with Crippen LogP contribution in [0.15, 0.2) is 54.9 Å². The molecule has 132 valence electrons. The molecule has 1 aliphatic rings. The molecule has 4 rings (SSSR count). The van der Waals surface area contributed by atoms with Crippen LogP contribution in [-0.2, 0) is 0 Å². The summed E-state index contributed by atoms with van der Waals surface area (Å²) in [6.45, 7) is 4.01. The zero-order valence-electron chi connectivity index (χ0n) is 14.7. The minimum absolute atomic E-state index is 0.179. The summed E-state index contributed by atoms with van der Waals surface area (Å²) >= 11 is 0. The Balaban J connectivity index is 1.53. The number of pyridine rings is 1. The van der Waals surface area contributed by atoms with Gasteiger partial charge in [0.05, 0.1) is 22.6 Å². The van der Waals surface area contributed by atoms with Gasteiger partial charge in [0.1, 0.15) is 5.82 Å². The van der Waals surface area contributed by atoms with E-state index in [-0.39, 0.29) is 5.91 Å². The van der Waals surface area contributed by atoms with Gasteiger partial charge in [-0.3, -0.25) is 4.79 Å². The predicted octanol–water partition coefficient (Wildman–Crippen LogP) is 3.43. The second kappa shape index (κ2) is 7.00. The molecular weight excluding hydrogens is 326 g/mol. The lowest BCUT2D eigenvalue weighted by atomic mass is 10.2. The van der Waals surface area contributed by atoms with Crippen molar-refractivity contribution in [3.63, 3.8) is 0 Å².